The molecule has 0 aliphatic carbocycles. The number of ketones is 1. The quantitative estimate of drug-likeness (QED) is 0.363. The molecule has 2 atom stereocenters. The van der Waals surface area contributed by atoms with E-state index >= 15 is 0 Å². The minimum atomic E-state index is -0.718. The lowest BCUT2D eigenvalue weighted by molar-refractivity contribution is -0.137. The van der Waals surface area contributed by atoms with Crippen LogP contribution in [-0.4, -0.2) is 40.4 Å². The Bertz CT molecular complexity index is 1230. The minimum absolute atomic E-state index is 0.0103. The maximum absolute atomic E-state index is 13.0. The Morgan fingerprint density at radius 3 is 2.50 bits per heavy atom. The largest absolute Gasteiger partial charge is 0.360 e. The molecule has 2 fully saturated rings. The number of hydrogen-bond acceptors (Lipinski definition) is 6. The normalized spacial score (nSPS) is 23.6. The van der Waals surface area contributed by atoms with E-state index in [4.69, 9.17) is 0 Å². The maximum Gasteiger partial charge on any atom is 0.256 e. The third-order valence-electron chi connectivity index (χ3n) is 6.40. The Morgan fingerprint density at radius 2 is 1.76 bits per heavy atom. The molecule has 9 heteroatoms. The number of carbonyl (C=O) groups excluding carboxylic acids is 5. The molecule has 3 aliphatic heterocycles. The fraction of sp³-hybridized carbons (Fsp3) is 0.240. The molecule has 0 saturated carbocycles. The summed E-state index contributed by atoms with van der Waals surface area (Å²) in [7, 11) is 0. The Labute approximate surface area is 195 Å². The Balaban J connectivity index is 1.33. The molecule has 0 bridgehead atoms. The van der Waals surface area contributed by atoms with E-state index in [1.165, 1.54) is 11.1 Å². The zero-order valence-corrected chi connectivity index (χ0v) is 18.2. The van der Waals surface area contributed by atoms with Crippen molar-refractivity contribution in [3.05, 3.63) is 77.0 Å². The van der Waals surface area contributed by atoms with Gasteiger partial charge in [0.15, 0.2) is 5.78 Å². The number of Topliss-reactive ketones (excluding diaryl/α,β-unsaturated/α-hetero) is 1. The van der Waals surface area contributed by atoms with E-state index in [1.54, 1.807) is 18.2 Å². The van der Waals surface area contributed by atoms with Crippen molar-refractivity contribution < 1.29 is 24.0 Å². The molecule has 2 aromatic rings. The zero-order valence-electron chi connectivity index (χ0n) is 18.2. The standard InChI is InChI=1S/C25H22N4O5/c30-21-11-19(14-5-2-1-3-6-14)27-23(32)16(21)12-26-18-8-4-7-15-17(18)13-29(25(15)34)20-9-10-22(31)28-24(20)33/h1-8,12,19-20,26H,9-11,13H2,(H,27,32)(H,28,31,33)/b16-12+. The molecule has 34 heavy (non-hydrogen) atoms. The number of imide groups is 1. The van der Waals surface area contributed by atoms with Crippen LogP contribution in [0.5, 0.6) is 0 Å². The van der Waals surface area contributed by atoms with E-state index in [2.05, 4.69) is 16.0 Å². The molecule has 0 aromatic heterocycles. The highest BCUT2D eigenvalue weighted by Crippen LogP contribution is 2.32. The average molecular weight is 458 g/mol. The van der Waals surface area contributed by atoms with Crippen molar-refractivity contribution in [3.8, 4) is 0 Å². The molecular weight excluding hydrogens is 436 g/mol. The monoisotopic (exact) mass is 458 g/mol. The number of rotatable bonds is 4. The third kappa shape index (κ3) is 3.85. The van der Waals surface area contributed by atoms with E-state index < -0.39 is 17.9 Å². The van der Waals surface area contributed by atoms with Crippen molar-refractivity contribution in [2.24, 2.45) is 0 Å². The van der Waals surface area contributed by atoms with Gasteiger partial charge < -0.3 is 15.5 Å². The van der Waals surface area contributed by atoms with Crippen LogP contribution in [0, 0.1) is 0 Å². The van der Waals surface area contributed by atoms with Crippen LogP contribution in [0.4, 0.5) is 5.69 Å². The topological polar surface area (TPSA) is 125 Å². The number of amides is 4. The molecule has 5 rings (SSSR count). The van der Waals surface area contributed by atoms with Crippen molar-refractivity contribution in [2.75, 3.05) is 5.32 Å². The summed E-state index contributed by atoms with van der Waals surface area (Å²) in [5.41, 5.74) is 2.55. The third-order valence-corrected chi connectivity index (χ3v) is 6.40. The fourth-order valence-corrected chi connectivity index (χ4v) is 4.61. The Kier molecular flexibility index (Phi) is 5.45. The molecule has 0 spiro atoms. The van der Waals surface area contributed by atoms with E-state index in [9.17, 15) is 24.0 Å². The maximum atomic E-state index is 13.0. The highest BCUT2D eigenvalue weighted by Gasteiger charge is 2.40. The molecule has 3 N–H and O–H groups in total. The number of fused-ring (bicyclic) bond motifs is 1. The van der Waals surface area contributed by atoms with Crippen LogP contribution in [0.25, 0.3) is 0 Å². The van der Waals surface area contributed by atoms with E-state index in [0.29, 0.717) is 16.8 Å². The molecule has 0 radical (unpaired) electrons. The van der Waals surface area contributed by atoms with Crippen LogP contribution < -0.4 is 16.0 Å². The lowest BCUT2D eigenvalue weighted by Gasteiger charge is -2.29. The van der Waals surface area contributed by atoms with Crippen LogP contribution in [-0.2, 0) is 25.7 Å². The summed E-state index contributed by atoms with van der Waals surface area (Å²) in [5.74, 6) is -1.86. The fourth-order valence-electron chi connectivity index (χ4n) is 4.61. The van der Waals surface area contributed by atoms with Crippen molar-refractivity contribution in [3.63, 3.8) is 0 Å². The molecule has 2 unspecified atom stereocenters. The van der Waals surface area contributed by atoms with Gasteiger partial charge in [-0.15, -0.1) is 0 Å². The lowest BCUT2D eigenvalue weighted by Crippen LogP contribution is -2.52. The summed E-state index contributed by atoms with van der Waals surface area (Å²) in [6.07, 6.45) is 1.97. The summed E-state index contributed by atoms with van der Waals surface area (Å²) < 4.78 is 0. The highest BCUT2D eigenvalue weighted by molar-refractivity contribution is 6.21. The van der Waals surface area contributed by atoms with E-state index in [-0.39, 0.29) is 55.0 Å². The second kappa shape index (κ2) is 8.58. The zero-order chi connectivity index (χ0) is 23.8. The first-order chi connectivity index (χ1) is 16.4. The smallest absolute Gasteiger partial charge is 0.256 e. The van der Waals surface area contributed by atoms with Crippen LogP contribution >= 0.6 is 0 Å². The van der Waals surface area contributed by atoms with Gasteiger partial charge in [0.1, 0.15) is 6.04 Å². The summed E-state index contributed by atoms with van der Waals surface area (Å²) in [5, 5.41) is 8.16. The van der Waals surface area contributed by atoms with Crippen molar-refractivity contribution >= 4 is 35.1 Å². The second-order valence-electron chi connectivity index (χ2n) is 8.50. The van der Waals surface area contributed by atoms with Gasteiger partial charge in [-0.2, -0.15) is 0 Å². The van der Waals surface area contributed by atoms with Gasteiger partial charge in [-0.25, -0.2) is 0 Å². The van der Waals surface area contributed by atoms with Crippen LogP contribution in [0.3, 0.4) is 0 Å². The minimum Gasteiger partial charge on any atom is -0.360 e. The Hall–Kier alpha value is -4.27. The second-order valence-corrected chi connectivity index (χ2v) is 8.50. The van der Waals surface area contributed by atoms with Gasteiger partial charge in [0.25, 0.3) is 11.8 Å². The van der Waals surface area contributed by atoms with Gasteiger partial charge in [0, 0.05) is 42.4 Å². The number of hydrogen-bond donors (Lipinski definition) is 3. The molecular formula is C25H22N4O5. The molecule has 2 aromatic carbocycles. The predicted octanol–water partition coefficient (Wildman–Crippen LogP) is 1.57. The Morgan fingerprint density at radius 1 is 0.971 bits per heavy atom. The summed E-state index contributed by atoms with van der Waals surface area (Å²) in [6, 6.07) is 13.3. The SMILES string of the molecule is O=C1CCC(N2Cc3c(N/C=C4\C(=O)CC(c5ccccc5)NC4=O)cccc3C2=O)C(=O)N1. The first-order valence-corrected chi connectivity index (χ1v) is 11.0. The first-order valence-electron chi connectivity index (χ1n) is 11.0. The molecule has 9 nitrogen and oxygen atoms in total. The number of nitrogens with zero attached hydrogens (tertiary/aromatic N) is 1. The summed E-state index contributed by atoms with van der Waals surface area (Å²) >= 11 is 0. The number of piperidine rings is 2. The van der Waals surface area contributed by atoms with Gasteiger partial charge in [0.2, 0.25) is 11.8 Å². The van der Waals surface area contributed by atoms with Crippen molar-refractivity contribution in [1.29, 1.82) is 0 Å². The molecule has 2 saturated heterocycles. The predicted molar refractivity (Wildman–Crippen MR) is 121 cm³/mol. The molecule has 3 aliphatic rings. The van der Waals surface area contributed by atoms with Gasteiger partial charge in [-0.05, 0) is 24.1 Å². The molecule has 3 heterocycles. The first kappa shape index (κ1) is 21.6. The lowest BCUT2D eigenvalue weighted by atomic mass is 9.93. The van der Waals surface area contributed by atoms with Crippen LogP contribution in [0.15, 0.2) is 60.3 Å². The summed E-state index contributed by atoms with van der Waals surface area (Å²) in [4.78, 5) is 63.5. The van der Waals surface area contributed by atoms with Crippen molar-refractivity contribution in [1.82, 2.24) is 15.5 Å². The van der Waals surface area contributed by atoms with Gasteiger partial charge in [-0.1, -0.05) is 36.4 Å². The average Bonchev–Trinajstić information content (AvgIpc) is 3.16. The van der Waals surface area contributed by atoms with E-state index in [0.717, 1.165) is 5.56 Å². The number of nitrogens with one attached hydrogen (secondary N) is 3. The number of benzene rings is 2. The van der Waals surface area contributed by atoms with Crippen LogP contribution in [0.2, 0.25) is 0 Å². The van der Waals surface area contributed by atoms with Gasteiger partial charge >= 0.3 is 0 Å². The highest BCUT2D eigenvalue weighted by atomic mass is 16.2. The molecule has 4 amide bonds. The van der Waals surface area contributed by atoms with Gasteiger partial charge in [0.05, 0.1) is 11.6 Å². The van der Waals surface area contributed by atoms with Crippen LogP contribution in [0.1, 0.15) is 46.8 Å². The molecule has 172 valence electrons. The van der Waals surface area contributed by atoms with Crippen molar-refractivity contribution in [2.45, 2.75) is 37.9 Å². The van der Waals surface area contributed by atoms with Gasteiger partial charge in [-0.3, -0.25) is 29.3 Å². The van der Waals surface area contributed by atoms with E-state index in [1.807, 2.05) is 30.3 Å². The summed E-state index contributed by atoms with van der Waals surface area (Å²) in [6.45, 7) is 0.184. The number of carbonyl (C=O) groups is 5. The number of anilines is 1.